The van der Waals surface area contributed by atoms with Gasteiger partial charge in [0.05, 0.1) is 0 Å². The Morgan fingerprint density at radius 3 is 2.71 bits per heavy atom. The summed E-state index contributed by atoms with van der Waals surface area (Å²) in [5.41, 5.74) is 2.32. The number of nitrogens with zero attached hydrogens (tertiary/aromatic N) is 4. The number of ether oxygens (including phenoxy) is 1. The van der Waals surface area contributed by atoms with Crippen LogP contribution < -0.4 is 9.64 Å². The first-order valence-corrected chi connectivity index (χ1v) is 8.37. The second-order valence-electron chi connectivity index (χ2n) is 5.40. The van der Waals surface area contributed by atoms with Gasteiger partial charge in [0.15, 0.2) is 11.5 Å². The summed E-state index contributed by atoms with van der Waals surface area (Å²) >= 11 is 3.51. The summed E-state index contributed by atoms with van der Waals surface area (Å²) in [4.78, 5) is 2.07. The van der Waals surface area contributed by atoms with Crippen molar-refractivity contribution in [2.45, 2.75) is 20.4 Å². The van der Waals surface area contributed by atoms with E-state index in [2.05, 4.69) is 37.6 Å². The van der Waals surface area contributed by atoms with Crippen molar-refractivity contribution >= 4 is 21.7 Å². The Morgan fingerprint density at radius 1 is 1.33 bits per heavy atom. The summed E-state index contributed by atoms with van der Waals surface area (Å²) in [5.74, 6) is 1.54. The second kappa shape index (κ2) is 8.46. The molecule has 0 unspecified atom stereocenters. The number of nitriles is 1. The lowest BCUT2D eigenvalue weighted by molar-refractivity contribution is 0.348. The molecule has 0 radical (unpaired) electrons. The molecule has 0 amide bonds. The maximum Gasteiger partial charge on any atom is 0.163 e. The first-order valence-electron chi connectivity index (χ1n) is 7.58. The van der Waals surface area contributed by atoms with Crippen LogP contribution in [0.5, 0.6) is 5.75 Å². The van der Waals surface area contributed by atoms with Crippen LogP contribution in [0, 0.1) is 11.3 Å². The molecule has 0 N–H and O–H groups in total. The van der Waals surface area contributed by atoms with E-state index >= 15 is 0 Å². The van der Waals surface area contributed by atoms with E-state index in [1.165, 1.54) is 0 Å². The third-order valence-electron chi connectivity index (χ3n) is 3.33. The van der Waals surface area contributed by atoms with Crippen LogP contribution in [-0.2, 0) is 6.54 Å². The fourth-order valence-corrected chi connectivity index (χ4v) is 2.54. The van der Waals surface area contributed by atoms with Gasteiger partial charge in [-0.25, -0.2) is 0 Å². The molecule has 0 bridgehead atoms. The minimum absolute atomic E-state index is 0.308. The van der Waals surface area contributed by atoms with Crippen LogP contribution >= 0.6 is 15.9 Å². The van der Waals surface area contributed by atoms with Crippen LogP contribution in [0.4, 0.5) is 5.82 Å². The van der Waals surface area contributed by atoms with Gasteiger partial charge < -0.3 is 9.64 Å². The number of rotatable bonds is 7. The molecule has 0 aliphatic carbocycles. The molecule has 1 aromatic carbocycles. The van der Waals surface area contributed by atoms with E-state index in [0.29, 0.717) is 18.8 Å². The predicted molar refractivity (Wildman–Crippen MR) is 97.9 cm³/mol. The van der Waals surface area contributed by atoms with Crippen LogP contribution in [0.3, 0.4) is 0 Å². The summed E-state index contributed by atoms with van der Waals surface area (Å²) in [6, 6.07) is 11.4. The Morgan fingerprint density at radius 2 is 2.12 bits per heavy atom. The Bertz CT molecular complexity index is 753. The largest absolute Gasteiger partial charge is 0.489 e. The number of halogens is 1. The molecular weight excluding hydrogens is 368 g/mol. The van der Waals surface area contributed by atoms with Crippen LogP contribution in [0.15, 0.2) is 47.0 Å². The van der Waals surface area contributed by atoms with Crippen molar-refractivity contribution in [1.82, 2.24) is 10.2 Å². The van der Waals surface area contributed by atoms with Gasteiger partial charge >= 0.3 is 0 Å². The van der Waals surface area contributed by atoms with Crippen molar-refractivity contribution in [3.05, 3.63) is 58.2 Å². The normalized spacial score (nSPS) is 10.1. The van der Waals surface area contributed by atoms with E-state index in [4.69, 9.17) is 10.00 Å². The van der Waals surface area contributed by atoms with E-state index in [1.807, 2.05) is 44.2 Å². The standard InChI is InChI=1S/C18H19BrN4O/c1-4-23(18-8-6-16(10-20)21-22-18)11-14-9-15(19)5-7-17(14)24-12-13(2)3/h5-9H,2,4,11-12H2,1,3H3. The Labute approximate surface area is 150 Å². The molecule has 0 spiro atoms. The van der Waals surface area contributed by atoms with Crippen molar-refractivity contribution in [2.75, 3.05) is 18.1 Å². The molecular formula is C18H19BrN4O. The van der Waals surface area contributed by atoms with E-state index < -0.39 is 0 Å². The quantitative estimate of drug-likeness (QED) is 0.670. The molecule has 0 aliphatic rings. The lowest BCUT2D eigenvalue weighted by Crippen LogP contribution is -2.24. The molecule has 24 heavy (non-hydrogen) atoms. The number of benzene rings is 1. The lowest BCUT2D eigenvalue weighted by Gasteiger charge is -2.23. The third kappa shape index (κ3) is 4.80. The molecule has 1 heterocycles. The van der Waals surface area contributed by atoms with Crippen molar-refractivity contribution in [1.29, 1.82) is 5.26 Å². The third-order valence-corrected chi connectivity index (χ3v) is 3.82. The zero-order valence-electron chi connectivity index (χ0n) is 13.8. The van der Waals surface area contributed by atoms with Crippen LogP contribution in [0.2, 0.25) is 0 Å². The minimum atomic E-state index is 0.308. The summed E-state index contributed by atoms with van der Waals surface area (Å²) < 4.78 is 6.83. The highest BCUT2D eigenvalue weighted by Crippen LogP contribution is 2.26. The maximum absolute atomic E-state index is 8.84. The molecule has 0 atom stereocenters. The molecule has 0 saturated heterocycles. The van der Waals surface area contributed by atoms with Gasteiger partial charge in [-0.15, -0.1) is 10.2 Å². The maximum atomic E-state index is 8.84. The summed E-state index contributed by atoms with van der Waals surface area (Å²) in [6.07, 6.45) is 0. The SMILES string of the molecule is C=C(C)COc1ccc(Br)cc1CN(CC)c1ccc(C#N)nn1. The number of anilines is 1. The van der Waals surface area contributed by atoms with E-state index in [9.17, 15) is 0 Å². The van der Waals surface area contributed by atoms with Crippen LogP contribution in [-0.4, -0.2) is 23.3 Å². The fraction of sp³-hybridized carbons (Fsp3) is 0.278. The van der Waals surface area contributed by atoms with Crippen LogP contribution in [0.1, 0.15) is 25.1 Å². The molecule has 1 aromatic heterocycles. The molecule has 2 rings (SSSR count). The summed E-state index contributed by atoms with van der Waals surface area (Å²) in [5, 5.41) is 16.9. The van der Waals surface area contributed by atoms with Gasteiger partial charge in [-0.05, 0) is 49.8 Å². The molecule has 124 valence electrons. The van der Waals surface area contributed by atoms with Gasteiger partial charge in [-0.2, -0.15) is 5.26 Å². The van der Waals surface area contributed by atoms with E-state index in [1.54, 1.807) is 6.07 Å². The lowest BCUT2D eigenvalue weighted by atomic mass is 10.2. The first-order chi connectivity index (χ1) is 11.5. The van der Waals surface area contributed by atoms with E-state index in [0.717, 1.165) is 33.7 Å². The zero-order chi connectivity index (χ0) is 17.5. The summed E-state index contributed by atoms with van der Waals surface area (Å²) in [7, 11) is 0. The van der Waals surface area contributed by atoms with Crippen molar-refractivity contribution < 1.29 is 4.74 Å². The average molecular weight is 387 g/mol. The highest BCUT2D eigenvalue weighted by atomic mass is 79.9. The molecule has 5 nitrogen and oxygen atoms in total. The fourth-order valence-electron chi connectivity index (χ4n) is 2.13. The number of aromatic nitrogens is 2. The zero-order valence-corrected chi connectivity index (χ0v) is 15.4. The van der Waals surface area contributed by atoms with Gasteiger partial charge in [-0.1, -0.05) is 22.5 Å². The van der Waals surface area contributed by atoms with Gasteiger partial charge in [0.25, 0.3) is 0 Å². The minimum Gasteiger partial charge on any atom is -0.489 e. The van der Waals surface area contributed by atoms with Gasteiger partial charge in [-0.3, -0.25) is 0 Å². The van der Waals surface area contributed by atoms with Crippen molar-refractivity contribution in [3.8, 4) is 11.8 Å². The van der Waals surface area contributed by atoms with Crippen molar-refractivity contribution in [3.63, 3.8) is 0 Å². The van der Waals surface area contributed by atoms with Gasteiger partial charge in [0, 0.05) is 23.1 Å². The molecule has 0 saturated carbocycles. The van der Waals surface area contributed by atoms with Crippen molar-refractivity contribution in [2.24, 2.45) is 0 Å². The number of hydrogen-bond acceptors (Lipinski definition) is 5. The monoisotopic (exact) mass is 386 g/mol. The predicted octanol–water partition coefficient (Wildman–Crippen LogP) is 4.09. The molecule has 2 aromatic rings. The molecule has 0 aliphatic heterocycles. The number of hydrogen-bond donors (Lipinski definition) is 0. The van der Waals surface area contributed by atoms with Crippen LogP contribution in [0.25, 0.3) is 0 Å². The Balaban J connectivity index is 2.24. The average Bonchev–Trinajstić information content (AvgIpc) is 2.59. The highest BCUT2D eigenvalue weighted by molar-refractivity contribution is 9.10. The van der Waals surface area contributed by atoms with E-state index in [-0.39, 0.29) is 0 Å². The topological polar surface area (TPSA) is 62.0 Å². The highest BCUT2D eigenvalue weighted by Gasteiger charge is 2.12. The summed E-state index contributed by atoms with van der Waals surface area (Å²) in [6.45, 7) is 9.72. The molecule has 6 heteroatoms. The second-order valence-corrected chi connectivity index (χ2v) is 6.32. The molecule has 0 fully saturated rings. The first kappa shape index (κ1) is 18.0. The van der Waals surface area contributed by atoms with Gasteiger partial charge in [0.2, 0.25) is 0 Å². The Hall–Kier alpha value is -2.39. The smallest absolute Gasteiger partial charge is 0.163 e. The Kier molecular flexibility index (Phi) is 6.33. The van der Waals surface area contributed by atoms with Gasteiger partial charge in [0.1, 0.15) is 18.4 Å².